The second kappa shape index (κ2) is 10.8. The van der Waals surface area contributed by atoms with Crippen LogP contribution in [0.1, 0.15) is 54.1 Å². The van der Waals surface area contributed by atoms with Crippen LogP contribution in [0.15, 0.2) is 64.9 Å². The number of halogens is 2. The highest BCUT2D eigenvalue weighted by Crippen LogP contribution is 2.41. The summed E-state index contributed by atoms with van der Waals surface area (Å²) in [6, 6.07) is 15.2. The molecule has 0 bridgehead atoms. The lowest BCUT2D eigenvalue weighted by Gasteiger charge is -2.39. The van der Waals surface area contributed by atoms with E-state index in [-0.39, 0.29) is 29.4 Å². The fourth-order valence-electron chi connectivity index (χ4n) is 5.38. The third kappa shape index (κ3) is 5.09. The Morgan fingerprint density at radius 3 is 2.47 bits per heavy atom. The van der Waals surface area contributed by atoms with Crippen LogP contribution >= 0.6 is 34.5 Å². The molecule has 0 spiro atoms. The second-order valence-electron chi connectivity index (χ2n) is 9.36. The first kappa shape index (κ1) is 25.7. The van der Waals surface area contributed by atoms with E-state index in [2.05, 4.69) is 0 Å². The van der Waals surface area contributed by atoms with Crippen LogP contribution in [-0.2, 0) is 21.2 Å². The number of hydrogen-bond acceptors (Lipinski definition) is 4. The van der Waals surface area contributed by atoms with Gasteiger partial charge in [-0.15, -0.1) is 11.3 Å². The average molecular weight is 564 g/mol. The number of rotatable bonds is 6. The number of fused-ring (bicyclic) bond motifs is 1. The second-order valence-corrected chi connectivity index (χ2v) is 13.1. The van der Waals surface area contributed by atoms with Gasteiger partial charge in [-0.05, 0) is 66.1 Å². The minimum atomic E-state index is -3.84. The molecule has 2 heterocycles. The standard InChI is InChI=1S/C27H28Cl2N2O3S2/c28-19-11-12-22(24(29)17-19)27-23-14-16-35-25(23)13-15-30(27)26(32)18-31(20-7-3-1-4-8-20)36(33,34)21-9-5-2-6-10-21/h2,5-6,9-12,14,16-17,20,27H,1,3-4,7-8,13,15,18H2. The van der Waals surface area contributed by atoms with Crippen LogP contribution in [0.2, 0.25) is 10.0 Å². The molecule has 9 heteroatoms. The molecule has 5 rings (SSSR count). The van der Waals surface area contributed by atoms with Crippen molar-refractivity contribution in [3.63, 3.8) is 0 Å². The van der Waals surface area contributed by atoms with Crippen molar-refractivity contribution >= 4 is 50.5 Å². The van der Waals surface area contributed by atoms with E-state index in [4.69, 9.17) is 23.2 Å². The number of carbonyl (C=O) groups is 1. The Morgan fingerprint density at radius 2 is 1.75 bits per heavy atom. The highest BCUT2D eigenvalue weighted by molar-refractivity contribution is 7.89. The van der Waals surface area contributed by atoms with E-state index in [9.17, 15) is 13.2 Å². The quantitative estimate of drug-likeness (QED) is 0.342. The summed E-state index contributed by atoms with van der Waals surface area (Å²) < 4.78 is 29.0. The topological polar surface area (TPSA) is 57.7 Å². The maximum Gasteiger partial charge on any atom is 0.243 e. The molecule has 5 nitrogen and oxygen atoms in total. The van der Waals surface area contributed by atoms with Crippen molar-refractivity contribution in [2.75, 3.05) is 13.1 Å². The first-order valence-corrected chi connectivity index (χ1v) is 15.3. The van der Waals surface area contributed by atoms with E-state index in [0.717, 1.165) is 49.7 Å². The maximum atomic E-state index is 14.0. The third-order valence-corrected chi connectivity index (χ3v) is 10.6. The summed E-state index contributed by atoms with van der Waals surface area (Å²) in [5.41, 5.74) is 1.84. The SMILES string of the molecule is O=C(CN(C1CCCCC1)S(=O)(=O)c1ccccc1)N1CCc2sccc2C1c1ccc(Cl)cc1Cl. The van der Waals surface area contributed by atoms with Crippen LogP contribution in [0.5, 0.6) is 0 Å². The van der Waals surface area contributed by atoms with Gasteiger partial charge >= 0.3 is 0 Å². The summed E-state index contributed by atoms with van der Waals surface area (Å²) in [4.78, 5) is 17.2. The van der Waals surface area contributed by atoms with Crippen LogP contribution in [0.3, 0.4) is 0 Å². The Hall–Kier alpha value is -1.90. The number of thiophene rings is 1. The van der Waals surface area contributed by atoms with Crippen molar-refractivity contribution in [3.8, 4) is 0 Å². The first-order valence-electron chi connectivity index (χ1n) is 12.2. The molecule has 3 aromatic rings. The van der Waals surface area contributed by atoms with Crippen molar-refractivity contribution in [2.24, 2.45) is 0 Å². The molecule has 190 valence electrons. The maximum absolute atomic E-state index is 14.0. The van der Waals surface area contributed by atoms with Gasteiger partial charge in [0, 0.05) is 27.5 Å². The molecule has 1 fully saturated rings. The zero-order valence-corrected chi connectivity index (χ0v) is 22.9. The van der Waals surface area contributed by atoms with Gasteiger partial charge in [-0.3, -0.25) is 4.79 Å². The number of benzene rings is 2. The molecule has 36 heavy (non-hydrogen) atoms. The fraction of sp³-hybridized carbons (Fsp3) is 0.370. The minimum absolute atomic E-state index is 0.188. The Bertz CT molecular complexity index is 1340. The molecule has 1 aromatic heterocycles. The molecular weight excluding hydrogens is 535 g/mol. The Balaban J connectivity index is 1.51. The lowest BCUT2D eigenvalue weighted by atomic mass is 9.93. The van der Waals surface area contributed by atoms with Gasteiger partial charge in [0.2, 0.25) is 15.9 Å². The average Bonchev–Trinajstić information content (AvgIpc) is 3.37. The van der Waals surface area contributed by atoms with Crippen LogP contribution in [0, 0.1) is 0 Å². The predicted octanol–water partition coefficient (Wildman–Crippen LogP) is 6.55. The summed E-state index contributed by atoms with van der Waals surface area (Å²) in [5, 5.41) is 3.05. The summed E-state index contributed by atoms with van der Waals surface area (Å²) in [7, 11) is -3.84. The number of hydrogen-bond donors (Lipinski definition) is 0. The van der Waals surface area contributed by atoms with E-state index in [1.165, 1.54) is 9.18 Å². The zero-order chi connectivity index (χ0) is 25.3. The molecule has 1 atom stereocenters. The highest BCUT2D eigenvalue weighted by atomic mass is 35.5. The fourth-order valence-corrected chi connectivity index (χ4v) is 8.45. The van der Waals surface area contributed by atoms with Crippen LogP contribution in [-0.4, -0.2) is 42.7 Å². The Labute approximate surface area is 226 Å². The van der Waals surface area contributed by atoms with Crippen molar-refractivity contribution in [2.45, 2.75) is 55.5 Å². The van der Waals surface area contributed by atoms with E-state index < -0.39 is 10.0 Å². The van der Waals surface area contributed by atoms with Crippen molar-refractivity contribution < 1.29 is 13.2 Å². The normalized spacial score (nSPS) is 18.9. The molecule has 0 radical (unpaired) electrons. The summed E-state index contributed by atoms with van der Waals surface area (Å²) >= 11 is 14.5. The van der Waals surface area contributed by atoms with Gasteiger partial charge in [0.15, 0.2) is 0 Å². The van der Waals surface area contributed by atoms with Crippen LogP contribution < -0.4 is 0 Å². The van der Waals surface area contributed by atoms with E-state index in [0.29, 0.717) is 16.6 Å². The predicted molar refractivity (Wildman–Crippen MR) is 145 cm³/mol. The Morgan fingerprint density at radius 1 is 1.00 bits per heavy atom. The van der Waals surface area contributed by atoms with Gasteiger partial charge in [-0.1, -0.05) is 66.7 Å². The number of nitrogens with zero attached hydrogens (tertiary/aromatic N) is 2. The molecule has 1 aliphatic heterocycles. The van der Waals surface area contributed by atoms with Crippen molar-refractivity contribution in [1.29, 1.82) is 0 Å². The van der Waals surface area contributed by atoms with Crippen molar-refractivity contribution in [1.82, 2.24) is 9.21 Å². The summed E-state index contributed by atoms with van der Waals surface area (Å²) in [6.07, 6.45) is 5.28. The smallest absolute Gasteiger partial charge is 0.243 e. The van der Waals surface area contributed by atoms with E-state index in [1.54, 1.807) is 58.7 Å². The number of amides is 1. The van der Waals surface area contributed by atoms with Crippen molar-refractivity contribution in [3.05, 3.63) is 86.0 Å². The molecule has 1 saturated carbocycles. The van der Waals surface area contributed by atoms with Gasteiger partial charge in [0.1, 0.15) is 0 Å². The number of sulfonamides is 1. The molecule has 1 unspecified atom stereocenters. The zero-order valence-electron chi connectivity index (χ0n) is 19.8. The summed E-state index contributed by atoms with van der Waals surface area (Å²) in [6.45, 7) is 0.308. The molecule has 2 aromatic carbocycles. The molecule has 2 aliphatic rings. The van der Waals surface area contributed by atoms with Crippen LogP contribution in [0.4, 0.5) is 0 Å². The highest BCUT2D eigenvalue weighted by Gasteiger charge is 2.39. The van der Waals surface area contributed by atoms with Gasteiger partial charge in [-0.25, -0.2) is 8.42 Å². The molecular formula is C27H28Cl2N2O3S2. The molecule has 1 aliphatic carbocycles. The van der Waals surface area contributed by atoms with Gasteiger partial charge in [-0.2, -0.15) is 4.31 Å². The largest absolute Gasteiger partial charge is 0.330 e. The van der Waals surface area contributed by atoms with Gasteiger partial charge < -0.3 is 4.90 Å². The molecule has 0 saturated heterocycles. The van der Waals surface area contributed by atoms with E-state index >= 15 is 0 Å². The van der Waals surface area contributed by atoms with E-state index in [1.807, 2.05) is 17.5 Å². The van der Waals surface area contributed by atoms with Crippen LogP contribution in [0.25, 0.3) is 0 Å². The third-order valence-electron chi connectivity index (χ3n) is 7.17. The first-order chi connectivity index (χ1) is 17.4. The van der Waals surface area contributed by atoms with Gasteiger partial charge in [0.25, 0.3) is 0 Å². The lowest BCUT2D eigenvalue weighted by molar-refractivity contribution is -0.133. The molecule has 1 amide bonds. The monoisotopic (exact) mass is 562 g/mol. The Kier molecular flexibility index (Phi) is 7.75. The molecule has 0 N–H and O–H groups in total. The summed E-state index contributed by atoms with van der Waals surface area (Å²) in [5.74, 6) is -0.215. The lowest BCUT2D eigenvalue weighted by Crippen LogP contribution is -2.50. The number of carbonyl (C=O) groups excluding carboxylic acids is 1. The van der Waals surface area contributed by atoms with Gasteiger partial charge in [0.05, 0.1) is 17.5 Å². The minimum Gasteiger partial charge on any atom is -0.330 e.